The zero-order chi connectivity index (χ0) is 16.4. The van der Waals surface area contributed by atoms with E-state index < -0.39 is 11.8 Å². The van der Waals surface area contributed by atoms with E-state index in [2.05, 4.69) is 4.98 Å². The number of ether oxygens (including phenoxy) is 1. The highest BCUT2D eigenvalue weighted by Gasteiger charge is 2.15. The molecule has 2 aromatic carbocycles. The van der Waals surface area contributed by atoms with E-state index in [0.29, 0.717) is 23.6 Å². The Labute approximate surface area is 132 Å². The number of para-hydroxylation sites is 1. The Morgan fingerprint density at radius 3 is 2.61 bits per heavy atom. The van der Waals surface area contributed by atoms with E-state index in [1.54, 1.807) is 30.3 Å². The molecular formula is C18H14FNO3. The molecule has 0 fully saturated rings. The minimum atomic E-state index is -1.12. The molecule has 0 aliphatic heterocycles. The number of aromatic carboxylic acids is 1. The first-order valence-corrected chi connectivity index (χ1v) is 7.16. The summed E-state index contributed by atoms with van der Waals surface area (Å²) in [6.07, 6.45) is 0. The van der Waals surface area contributed by atoms with Gasteiger partial charge in [0.1, 0.15) is 17.1 Å². The normalized spacial score (nSPS) is 10.7. The molecule has 1 heterocycles. The van der Waals surface area contributed by atoms with Crippen LogP contribution in [0.25, 0.3) is 22.2 Å². The fourth-order valence-corrected chi connectivity index (χ4v) is 2.43. The molecule has 4 nitrogen and oxygen atoms in total. The average molecular weight is 311 g/mol. The standard InChI is InChI=1S/C18H14FNO3/c1-2-23-12-8-6-11(7-9-12)16-10-14(18(21)22)13-4-3-5-15(19)17(13)20-16/h3-10H,2H2,1H3,(H,21,22). The van der Waals surface area contributed by atoms with Crippen molar-refractivity contribution in [1.29, 1.82) is 0 Å². The third-order valence-electron chi connectivity index (χ3n) is 3.48. The molecule has 0 aliphatic carbocycles. The van der Waals surface area contributed by atoms with Gasteiger partial charge in [0, 0.05) is 10.9 Å². The lowest BCUT2D eigenvalue weighted by Gasteiger charge is -2.09. The van der Waals surface area contributed by atoms with Crippen LogP contribution in [0.3, 0.4) is 0 Å². The topological polar surface area (TPSA) is 59.4 Å². The number of aromatic nitrogens is 1. The molecule has 1 aromatic heterocycles. The van der Waals surface area contributed by atoms with Gasteiger partial charge < -0.3 is 9.84 Å². The molecule has 0 amide bonds. The van der Waals surface area contributed by atoms with Crippen molar-refractivity contribution >= 4 is 16.9 Å². The van der Waals surface area contributed by atoms with E-state index in [0.717, 1.165) is 0 Å². The van der Waals surface area contributed by atoms with Gasteiger partial charge in [-0.3, -0.25) is 0 Å². The molecule has 23 heavy (non-hydrogen) atoms. The second-order valence-corrected chi connectivity index (χ2v) is 4.95. The van der Waals surface area contributed by atoms with Crippen LogP contribution >= 0.6 is 0 Å². The van der Waals surface area contributed by atoms with Crippen molar-refractivity contribution in [3.05, 3.63) is 59.9 Å². The van der Waals surface area contributed by atoms with Gasteiger partial charge in [-0.1, -0.05) is 12.1 Å². The van der Waals surface area contributed by atoms with Crippen LogP contribution < -0.4 is 4.74 Å². The van der Waals surface area contributed by atoms with Gasteiger partial charge in [0.2, 0.25) is 0 Å². The molecule has 0 atom stereocenters. The first kappa shape index (κ1) is 15.0. The zero-order valence-electron chi connectivity index (χ0n) is 12.4. The largest absolute Gasteiger partial charge is 0.494 e. The lowest BCUT2D eigenvalue weighted by Crippen LogP contribution is -2.01. The maximum atomic E-state index is 14.0. The maximum Gasteiger partial charge on any atom is 0.336 e. The summed E-state index contributed by atoms with van der Waals surface area (Å²) < 4.78 is 19.4. The Hall–Kier alpha value is -2.95. The Bertz CT molecular complexity index is 875. The van der Waals surface area contributed by atoms with Gasteiger partial charge in [-0.15, -0.1) is 0 Å². The van der Waals surface area contributed by atoms with Gasteiger partial charge in [-0.2, -0.15) is 0 Å². The number of rotatable bonds is 4. The van der Waals surface area contributed by atoms with Crippen LogP contribution in [-0.2, 0) is 0 Å². The fourth-order valence-electron chi connectivity index (χ4n) is 2.43. The van der Waals surface area contributed by atoms with Crippen LogP contribution in [0.1, 0.15) is 17.3 Å². The van der Waals surface area contributed by atoms with Gasteiger partial charge in [0.15, 0.2) is 0 Å². The first-order chi connectivity index (χ1) is 11.1. The number of fused-ring (bicyclic) bond motifs is 1. The number of hydrogen-bond donors (Lipinski definition) is 1. The highest BCUT2D eigenvalue weighted by molar-refractivity contribution is 6.03. The lowest BCUT2D eigenvalue weighted by atomic mass is 10.0. The summed E-state index contributed by atoms with van der Waals surface area (Å²) in [5.74, 6) is -0.949. The Kier molecular flexibility index (Phi) is 3.93. The number of hydrogen-bond acceptors (Lipinski definition) is 3. The Morgan fingerprint density at radius 2 is 1.96 bits per heavy atom. The number of pyridine rings is 1. The van der Waals surface area contributed by atoms with Gasteiger partial charge in [-0.25, -0.2) is 14.2 Å². The minimum absolute atomic E-state index is 0.0263. The third kappa shape index (κ3) is 2.85. The summed E-state index contributed by atoms with van der Waals surface area (Å²) in [7, 11) is 0. The molecule has 0 unspecified atom stereocenters. The van der Waals surface area contributed by atoms with Crippen LogP contribution in [0, 0.1) is 5.82 Å². The minimum Gasteiger partial charge on any atom is -0.494 e. The van der Waals surface area contributed by atoms with Crippen LogP contribution in [0.4, 0.5) is 4.39 Å². The SMILES string of the molecule is CCOc1ccc(-c2cc(C(=O)O)c3cccc(F)c3n2)cc1. The van der Waals surface area contributed by atoms with E-state index in [1.807, 2.05) is 6.92 Å². The molecule has 0 radical (unpaired) electrons. The molecule has 0 aliphatic rings. The summed E-state index contributed by atoms with van der Waals surface area (Å²) in [5, 5.41) is 9.67. The molecule has 3 aromatic rings. The molecule has 5 heteroatoms. The number of carbonyl (C=O) groups is 1. The summed E-state index contributed by atoms with van der Waals surface area (Å²) >= 11 is 0. The van der Waals surface area contributed by atoms with Crippen molar-refractivity contribution < 1.29 is 19.0 Å². The predicted molar refractivity (Wildman–Crippen MR) is 85.3 cm³/mol. The zero-order valence-corrected chi connectivity index (χ0v) is 12.4. The molecular weight excluding hydrogens is 297 g/mol. The van der Waals surface area contributed by atoms with Crippen LogP contribution in [0.5, 0.6) is 5.75 Å². The van der Waals surface area contributed by atoms with Crippen LogP contribution in [-0.4, -0.2) is 22.7 Å². The molecule has 0 bridgehead atoms. The van der Waals surface area contributed by atoms with E-state index >= 15 is 0 Å². The number of carboxylic acid groups (broad SMARTS) is 1. The first-order valence-electron chi connectivity index (χ1n) is 7.16. The second kappa shape index (κ2) is 6.04. The van der Waals surface area contributed by atoms with Crippen molar-refractivity contribution in [2.45, 2.75) is 6.92 Å². The van der Waals surface area contributed by atoms with Gasteiger partial charge in [-0.05, 0) is 43.3 Å². The number of carboxylic acids is 1. The predicted octanol–water partition coefficient (Wildman–Crippen LogP) is 4.14. The summed E-state index contributed by atoms with van der Waals surface area (Å²) in [6.45, 7) is 2.45. The molecule has 0 saturated carbocycles. The quantitative estimate of drug-likeness (QED) is 0.786. The highest BCUT2D eigenvalue weighted by Crippen LogP contribution is 2.27. The third-order valence-corrected chi connectivity index (χ3v) is 3.48. The monoisotopic (exact) mass is 311 g/mol. The van der Waals surface area contributed by atoms with Crippen molar-refractivity contribution in [3.63, 3.8) is 0 Å². The van der Waals surface area contributed by atoms with Crippen LogP contribution in [0.15, 0.2) is 48.5 Å². The van der Waals surface area contributed by atoms with Crippen molar-refractivity contribution in [2.24, 2.45) is 0 Å². The van der Waals surface area contributed by atoms with Crippen LogP contribution in [0.2, 0.25) is 0 Å². The molecule has 1 N–H and O–H groups in total. The van der Waals surface area contributed by atoms with Crippen molar-refractivity contribution in [3.8, 4) is 17.0 Å². The maximum absolute atomic E-state index is 14.0. The molecule has 116 valence electrons. The van der Waals surface area contributed by atoms with Gasteiger partial charge >= 0.3 is 5.97 Å². The number of halogens is 1. The average Bonchev–Trinajstić information content (AvgIpc) is 2.55. The van der Waals surface area contributed by atoms with E-state index in [4.69, 9.17) is 4.74 Å². The van der Waals surface area contributed by atoms with Crippen molar-refractivity contribution in [1.82, 2.24) is 4.98 Å². The lowest BCUT2D eigenvalue weighted by molar-refractivity contribution is 0.0699. The van der Waals surface area contributed by atoms with Crippen molar-refractivity contribution in [2.75, 3.05) is 6.61 Å². The molecule has 0 saturated heterocycles. The summed E-state index contributed by atoms with van der Waals surface area (Å²) in [5.41, 5.74) is 1.18. The molecule has 0 spiro atoms. The van der Waals surface area contributed by atoms with E-state index in [9.17, 15) is 14.3 Å². The highest BCUT2D eigenvalue weighted by atomic mass is 19.1. The number of nitrogens with zero attached hydrogens (tertiary/aromatic N) is 1. The van der Waals surface area contributed by atoms with Gasteiger partial charge in [0.25, 0.3) is 0 Å². The van der Waals surface area contributed by atoms with E-state index in [1.165, 1.54) is 18.2 Å². The summed E-state index contributed by atoms with van der Waals surface area (Å²) in [4.78, 5) is 15.8. The van der Waals surface area contributed by atoms with E-state index in [-0.39, 0.29) is 16.5 Å². The van der Waals surface area contributed by atoms with Gasteiger partial charge in [0.05, 0.1) is 17.9 Å². The number of benzene rings is 2. The Balaban J connectivity index is 2.17. The fraction of sp³-hybridized carbons (Fsp3) is 0.111. The summed E-state index contributed by atoms with van der Waals surface area (Å²) in [6, 6.07) is 12.8. The Morgan fingerprint density at radius 1 is 1.22 bits per heavy atom. The smallest absolute Gasteiger partial charge is 0.336 e. The molecule has 3 rings (SSSR count). The second-order valence-electron chi connectivity index (χ2n) is 4.95.